The second-order valence-corrected chi connectivity index (χ2v) is 2.25. The van der Waals surface area contributed by atoms with Crippen molar-refractivity contribution in [2.75, 3.05) is 0 Å². The van der Waals surface area contributed by atoms with Crippen LogP contribution in [0.2, 0.25) is 5.02 Å². The number of benzene rings is 1. The van der Waals surface area contributed by atoms with Crippen LogP contribution in [0.4, 0.5) is 0 Å². The van der Waals surface area contributed by atoms with Crippen molar-refractivity contribution >= 4 is 17.6 Å². The van der Waals surface area contributed by atoms with Gasteiger partial charge in [-0.1, -0.05) is 17.7 Å². The first-order chi connectivity index (χ1) is 4.70. The van der Waals surface area contributed by atoms with E-state index in [2.05, 4.69) is 0 Å². The molecule has 0 heterocycles. The molecule has 2 nitrogen and oxygen atoms in total. The van der Waals surface area contributed by atoms with Gasteiger partial charge in [0.1, 0.15) is 0 Å². The van der Waals surface area contributed by atoms with Crippen LogP contribution in [0.25, 0.3) is 0 Å². The molecular weight excluding hydrogens is 215 g/mol. The zero-order valence-corrected chi connectivity index (χ0v) is 7.04. The molecule has 0 aliphatic carbocycles. The van der Waals surface area contributed by atoms with E-state index in [1.165, 1.54) is 12.1 Å². The standard InChI is InChI=1S/C7H5ClO2.Cu/c8-6-3-1-2-5(4-6)7(9)10;/h1-4H,(H,9,10);. The first-order valence-corrected chi connectivity index (χ1v) is 3.07. The van der Waals surface area contributed by atoms with E-state index >= 15 is 0 Å². The molecule has 1 rings (SSSR count). The zero-order valence-electron chi connectivity index (χ0n) is 5.34. The van der Waals surface area contributed by atoms with Crippen LogP contribution in [0.3, 0.4) is 0 Å². The molecule has 0 atom stereocenters. The molecule has 4 heteroatoms. The second-order valence-electron chi connectivity index (χ2n) is 1.82. The predicted octanol–water partition coefficient (Wildman–Crippen LogP) is 2.04. The molecule has 0 aliphatic rings. The summed E-state index contributed by atoms with van der Waals surface area (Å²) in [5.41, 5.74) is 0.215. The Morgan fingerprint density at radius 2 is 2.09 bits per heavy atom. The molecule has 0 bridgehead atoms. The van der Waals surface area contributed by atoms with Crippen LogP contribution in [-0.2, 0) is 17.1 Å². The Bertz CT molecular complexity index is 262. The van der Waals surface area contributed by atoms with Crippen molar-refractivity contribution in [3.05, 3.63) is 34.9 Å². The third kappa shape index (κ3) is 2.93. The molecule has 0 saturated carbocycles. The van der Waals surface area contributed by atoms with E-state index in [4.69, 9.17) is 16.7 Å². The second kappa shape index (κ2) is 4.39. The van der Waals surface area contributed by atoms with Gasteiger partial charge < -0.3 is 5.11 Å². The van der Waals surface area contributed by atoms with E-state index in [1.807, 2.05) is 0 Å². The molecule has 63 valence electrons. The molecule has 0 unspecified atom stereocenters. The average molecular weight is 220 g/mol. The third-order valence-electron chi connectivity index (χ3n) is 1.07. The monoisotopic (exact) mass is 219 g/mol. The summed E-state index contributed by atoms with van der Waals surface area (Å²) in [6.45, 7) is 0. The Balaban J connectivity index is 0.000001000. The van der Waals surface area contributed by atoms with E-state index in [1.54, 1.807) is 12.1 Å². The molecule has 1 aromatic carbocycles. The summed E-state index contributed by atoms with van der Waals surface area (Å²) >= 11 is 5.53. The first kappa shape index (κ1) is 10.5. The summed E-state index contributed by atoms with van der Waals surface area (Å²) in [6.07, 6.45) is 0. The van der Waals surface area contributed by atoms with Crippen molar-refractivity contribution in [3.63, 3.8) is 0 Å². The number of hydrogen-bond acceptors (Lipinski definition) is 1. The minimum atomic E-state index is -0.956. The predicted molar refractivity (Wildman–Crippen MR) is 38.4 cm³/mol. The van der Waals surface area contributed by atoms with E-state index in [9.17, 15) is 4.79 Å². The quantitative estimate of drug-likeness (QED) is 0.735. The van der Waals surface area contributed by atoms with Crippen LogP contribution >= 0.6 is 11.6 Å². The smallest absolute Gasteiger partial charge is 0.335 e. The summed E-state index contributed by atoms with van der Waals surface area (Å²) in [6, 6.07) is 6.14. The summed E-state index contributed by atoms with van der Waals surface area (Å²) in [5.74, 6) is -0.956. The van der Waals surface area contributed by atoms with E-state index in [-0.39, 0.29) is 22.6 Å². The molecule has 0 spiro atoms. The van der Waals surface area contributed by atoms with Crippen LogP contribution < -0.4 is 0 Å². The van der Waals surface area contributed by atoms with Crippen molar-refractivity contribution in [1.82, 2.24) is 0 Å². The van der Waals surface area contributed by atoms with Crippen LogP contribution in [0.1, 0.15) is 10.4 Å². The van der Waals surface area contributed by atoms with Gasteiger partial charge in [0.15, 0.2) is 0 Å². The maximum Gasteiger partial charge on any atom is 0.335 e. The Kier molecular flexibility index (Phi) is 4.19. The first-order valence-electron chi connectivity index (χ1n) is 2.69. The number of hydrogen-bond donors (Lipinski definition) is 1. The molecular formula is C7H5ClCuO2. The summed E-state index contributed by atoms with van der Waals surface area (Å²) in [5, 5.41) is 8.89. The van der Waals surface area contributed by atoms with Crippen LogP contribution in [0.15, 0.2) is 24.3 Å². The third-order valence-corrected chi connectivity index (χ3v) is 1.31. The molecule has 0 aliphatic heterocycles. The number of carboxylic acids is 1. The van der Waals surface area contributed by atoms with Gasteiger partial charge in [0.2, 0.25) is 0 Å². The molecule has 1 radical (unpaired) electrons. The number of rotatable bonds is 1. The minimum Gasteiger partial charge on any atom is -0.478 e. The average Bonchev–Trinajstić information content (AvgIpc) is 1.88. The van der Waals surface area contributed by atoms with Gasteiger partial charge >= 0.3 is 5.97 Å². The van der Waals surface area contributed by atoms with Gasteiger partial charge in [0.05, 0.1) is 5.56 Å². The maximum atomic E-state index is 10.3. The fourth-order valence-electron chi connectivity index (χ4n) is 0.622. The van der Waals surface area contributed by atoms with Crippen molar-refractivity contribution in [1.29, 1.82) is 0 Å². The van der Waals surface area contributed by atoms with Crippen molar-refractivity contribution in [3.8, 4) is 0 Å². The van der Waals surface area contributed by atoms with Gasteiger partial charge in [0, 0.05) is 22.1 Å². The summed E-state index contributed by atoms with van der Waals surface area (Å²) in [4.78, 5) is 10.3. The Hall–Kier alpha value is -0.501. The van der Waals surface area contributed by atoms with Crippen molar-refractivity contribution < 1.29 is 27.0 Å². The van der Waals surface area contributed by atoms with Gasteiger partial charge in [-0.15, -0.1) is 0 Å². The van der Waals surface area contributed by atoms with Crippen LogP contribution in [0, 0.1) is 0 Å². The molecule has 1 N–H and O–H groups in total. The molecule has 0 fully saturated rings. The molecule has 0 saturated heterocycles. The van der Waals surface area contributed by atoms with Crippen LogP contribution in [0.5, 0.6) is 0 Å². The molecule has 0 aromatic heterocycles. The number of aromatic carboxylic acids is 1. The molecule has 0 amide bonds. The Morgan fingerprint density at radius 1 is 1.45 bits per heavy atom. The van der Waals surface area contributed by atoms with E-state index in [0.29, 0.717) is 5.02 Å². The summed E-state index contributed by atoms with van der Waals surface area (Å²) in [7, 11) is 0. The van der Waals surface area contributed by atoms with Gasteiger partial charge in [-0.3, -0.25) is 0 Å². The maximum absolute atomic E-state index is 10.3. The van der Waals surface area contributed by atoms with Gasteiger partial charge in [-0.2, -0.15) is 0 Å². The Morgan fingerprint density at radius 3 is 2.45 bits per heavy atom. The van der Waals surface area contributed by atoms with Crippen molar-refractivity contribution in [2.24, 2.45) is 0 Å². The topological polar surface area (TPSA) is 37.3 Å². The Labute approximate surface area is 79.7 Å². The summed E-state index contributed by atoms with van der Waals surface area (Å²) < 4.78 is 0. The molecule has 11 heavy (non-hydrogen) atoms. The SMILES string of the molecule is O=C(O)c1cccc(Cl)c1.[Cu]. The van der Waals surface area contributed by atoms with Crippen molar-refractivity contribution in [2.45, 2.75) is 0 Å². The van der Waals surface area contributed by atoms with Gasteiger partial charge in [0.25, 0.3) is 0 Å². The number of halogens is 1. The van der Waals surface area contributed by atoms with Crippen LogP contribution in [-0.4, -0.2) is 11.1 Å². The minimum absolute atomic E-state index is 0. The van der Waals surface area contributed by atoms with E-state index in [0.717, 1.165) is 0 Å². The van der Waals surface area contributed by atoms with Gasteiger partial charge in [-0.25, -0.2) is 4.79 Å². The zero-order chi connectivity index (χ0) is 7.56. The fourth-order valence-corrected chi connectivity index (χ4v) is 0.812. The van der Waals surface area contributed by atoms with Gasteiger partial charge in [-0.05, 0) is 18.2 Å². The number of carbonyl (C=O) groups is 1. The molecule has 1 aromatic rings. The normalized spacial score (nSPS) is 8.45. The fraction of sp³-hybridized carbons (Fsp3) is 0. The number of carboxylic acid groups (broad SMARTS) is 1. The van der Waals surface area contributed by atoms with E-state index < -0.39 is 5.97 Å². The largest absolute Gasteiger partial charge is 0.478 e.